The molecule has 3 N–H and O–H groups in total. The van der Waals surface area contributed by atoms with Gasteiger partial charge in [0.05, 0.1) is 13.2 Å². The van der Waals surface area contributed by atoms with E-state index in [1.54, 1.807) is 7.05 Å². The molecule has 106 valence electrons. The van der Waals surface area contributed by atoms with Crippen molar-refractivity contribution in [2.45, 2.75) is 31.8 Å². The van der Waals surface area contributed by atoms with E-state index < -0.39 is 0 Å². The summed E-state index contributed by atoms with van der Waals surface area (Å²) in [6.45, 7) is 0.664. The Morgan fingerprint density at radius 2 is 1.95 bits per heavy atom. The minimum absolute atomic E-state index is 0.228. The van der Waals surface area contributed by atoms with Crippen molar-refractivity contribution < 1.29 is 9.84 Å². The highest BCUT2D eigenvalue weighted by Crippen LogP contribution is 2.24. The van der Waals surface area contributed by atoms with Gasteiger partial charge in [0.1, 0.15) is 0 Å². The average Bonchev–Trinajstić information content (AvgIpc) is 2.46. The van der Waals surface area contributed by atoms with E-state index in [4.69, 9.17) is 4.74 Å². The number of aromatic nitrogens is 3. The van der Waals surface area contributed by atoms with Gasteiger partial charge in [0.2, 0.25) is 11.9 Å². The van der Waals surface area contributed by atoms with Gasteiger partial charge in [-0.05, 0) is 12.8 Å². The summed E-state index contributed by atoms with van der Waals surface area (Å²) in [6, 6.07) is 0.269. The molecule has 1 aliphatic rings. The average molecular weight is 267 g/mol. The van der Waals surface area contributed by atoms with Crippen LogP contribution in [0.5, 0.6) is 6.01 Å². The maximum Gasteiger partial charge on any atom is 0.322 e. The predicted octanol–water partition coefficient (Wildman–Crippen LogP) is 0.885. The van der Waals surface area contributed by atoms with Crippen LogP contribution in [0, 0.1) is 5.92 Å². The number of hydrogen-bond donors (Lipinski definition) is 3. The van der Waals surface area contributed by atoms with Gasteiger partial charge in [-0.25, -0.2) is 0 Å². The summed E-state index contributed by atoms with van der Waals surface area (Å²) in [5, 5.41) is 15.9. The molecule has 1 heterocycles. The van der Waals surface area contributed by atoms with Gasteiger partial charge in [-0.2, -0.15) is 15.0 Å². The van der Waals surface area contributed by atoms with Crippen molar-refractivity contribution in [1.29, 1.82) is 0 Å². The molecule has 7 nitrogen and oxygen atoms in total. The second-order valence-corrected chi connectivity index (χ2v) is 4.71. The number of nitrogens with one attached hydrogen (secondary N) is 2. The van der Waals surface area contributed by atoms with Crippen LogP contribution in [0.15, 0.2) is 0 Å². The third kappa shape index (κ3) is 3.66. The van der Waals surface area contributed by atoms with Crippen LogP contribution in [0.1, 0.15) is 25.7 Å². The number of aliphatic hydroxyl groups is 1. The number of anilines is 2. The molecule has 0 amide bonds. The maximum absolute atomic E-state index is 9.92. The topological polar surface area (TPSA) is 92.2 Å². The Morgan fingerprint density at radius 3 is 2.63 bits per heavy atom. The standard InChI is InChI=1S/C12H21N5O2/c1-13-10-15-11(17-12(16-10)19-2)14-7-8-5-3-4-6-9(8)18/h8-9,18H,3-7H2,1-2H3,(H2,13,14,15,16,17). The van der Waals surface area contributed by atoms with Gasteiger partial charge >= 0.3 is 6.01 Å². The predicted molar refractivity (Wildman–Crippen MR) is 72.4 cm³/mol. The number of aliphatic hydroxyl groups excluding tert-OH is 1. The lowest BCUT2D eigenvalue weighted by Crippen LogP contribution is -2.30. The fraction of sp³-hybridized carbons (Fsp3) is 0.750. The molecule has 0 aromatic carbocycles. The Morgan fingerprint density at radius 1 is 1.21 bits per heavy atom. The Hall–Kier alpha value is -1.63. The van der Waals surface area contributed by atoms with Crippen LogP contribution >= 0.6 is 0 Å². The maximum atomic E-state index is 9.92. The Balaban J connectivity index is 1.98. The van der Waals surface area contributed by atoms with E-state index >= 15 is 0 Å². The van der Waals surface area contributed by atoms with E-state index in [0.717, 1.165) is 19.3 Å². The molecule has 2 rings (SSSR count). The smallest absolute Gasteiger partial charge is 0.322 e. The third-order valence-corrected chi connectivity index (χ3v) is 3.41. The molecule has 1 aliphatic carbocycles. The van der Waals surface area contributed by atoms with Crippen LogP contribution in [-0.4, -0.2) is 46.9 Å². The lowest BCUT2D eigenvalue weighted by Gasteiger charge is -2.27. The van der Waals surface area contributed by atoms with Crippen LogP contribution in [0.2, 0.25) is 0 Å². The zero-order chi connectivity index (χ0) is 13.7. The van der Waals surface area contributed by atoms with E-state index in [2.05, 4.69) is 25.6 Å². The van der Waals surface area contributed by atoms with Crippen LogP contribution in [0.3, 0.4) is 0 Å². The Labute approximate surface area is 112 Å². The summed E-state index contributed by atoms with van der Waals surface area (Å²) in [6.07, 6.45) is 3.98. The number of ether oxygens (including phenoxy) is 1. The lowest BCUT2D eigenvalue weighted by molar-refractivity contribution is 0.0762. The number of rotatable bonds is 5. The molecule has 0 radical (unpaired) electrons. The summed E-state index contributed by atoms with van der Waals surface area (Å²) in [5.74, 6) is 1.18. The van der Waals surface area contributed by atoms with E-state index in [-0.39, 0.29) is 18.0 Å². The normalized spacial score (nSPS) is 22.9. The fourth-order valence-electron chi connectivity index (χ4n) is 2.29. The zero-order valence-corrected chi connectivity index (χ0v) is 11.4. The Bertz CT molecular complexity index is 393. The van der Waals surface area contributed by atoms with Crippen LogP contribution in [-0.2, 0) is 0 Å². The van der Waals surface area contributed by atoms with Crippen molar-refractivity contribution in [3.05, 3.63) is 0 Å². The van der Waals surface area contributed by atoms with Gasteiger partial charge in [0.15, 0.2) is 0 Å². The van der Waals surface area contributed by atoms with E-state index in [1.807, 2.05) is 0 Å². The Kier molecular flexibility index (Phi) is 4.73. The zero-order valence-electron chi connectivity index (χ0n) is 11.4. The summed E-state index contributed by atoms with van der Waals surface area (Å²) in [7, 11) is 3.26. The van der Waals surface area contributed by atoms with Crippen LogP contribution in [0.25, 0.3) is 0 Å². The molecule has 2 unspecified atom stereocenters. The minimum atomic E-state index is -0.228. The van der Waals surface area contributed by atoms with Crippen molar-refractivity contribution in [2.75, 3.05) is 31.3 Å². The molecule has 2 atom stereocenters. The summed E-state index contributed by atoms with van der Waals surface area (Å²) < 4.78 is 5.02. The molecule has 1 saturated carbocycles. The minimum Gasteiger partial charge on any atom is -0.467 e. The van der Waals surface area contributed by atoms with E-state index in [1.165, 1.54) is 13.5 Å². The molecule has 1 aromatic rings. The van der Waals surface area contributed by atoms with E-state index in [0.29, 0.717) is 18.4 Å². The van der Waals surface area contributed by atoms with Gasteiger partial charge < -0.3 is 20.5 Å². The van der Waals surface area contributed by atoms with Gasteiger partial charge in [0.25, 0.3) is 0 Å². The fourth-order valence-corrected chi connectivity index (χ4v) is 2.29. The third-order valence-electron chi connectivity index (χ3n) is 3.41. The van der Waals surface area contributed by atoms with Crippen LogP contribution in [0.4, 0.5) is 11.9 Å². The van der Waals surface area contributed by atoms with E-state index in [9.17, 15) is 5.11 Å². The molecule has 0 saturated heterocycles. The van der Waals surface area contributed by atoms with Gasteiger partial charge in [-0.15, -0.1) is 0 Å². The first-order valence-electron chi connectivity index (χ1n) is 6.62. The second kappa shape index (κ2) is 6.51. The second-order valence-electron chi connectivity index (χ2n) is 4.71. The first kappa shape index (κ1) is 13.8. The quantitative estimate of drug-likeness (QED) is 0.729. The number of nitrogens with zero attached hydrogens (tertiary/aromatic N) is 3. The molecule has 0 spiro atoms. The summed E-state index contributed by atoms with van der Waals surface area (Å²) in [4.78, 5) is 12.4. The molecule has 1 fully saturated rings. The van der Waals surface area contributed by atoms with Gasteiger partial charge in [-0.1, -0.05) is 12.8 Å². The lowest BCUT2D eigenvalue weighted by atomic mass is 9.86. The highest BCUT2D eigenvalue weighted by atomic mass is 16.5. The van der Waals surface area contributed by atoms with Crippen molar-refractivity contribution >= 4 is 11.9 Å². The summed E-state index contributed by atoms with van der Waals surface area (Å²) in [5.41, 5.74) is 0. The molecular formula is C12H21N5O2. The van der Waals surface area contributed by atoms with Crippen molar-refractivity contribution in [3.63, 3.8) is 0 Å². The summed E-state index contributed by atoms with van der Waals surface area (Å²) >= 11 is 0. The molecule has 0 aliphatic heterocycles. The van der Waals surface area contributed by atoms with Gasteiger partial charge in [0, 0.05) is 19.5 Å². The highest BCUT2D eigenvalue weighted by Gasteiger charge is 2.23. The first-order valence-corrected chi connectivity index (χ1v) is 6.62. The SMILES string of the molecule is CNc1nc(NCC2CCCCC2O)nc(OC)n1. The molecular weight excluding hydrogens is 246 g/mol. The van der Waals surface area contributed by atoms with Gasteiger partial charge in [-0.3, -0.25) is 0 Å². The van der Waals surface area contributed by atoms with Crippen molar-refractivity contribution in [2.24, 2.45) is 5.92 Å². The highest BCUT2D eigenvalue weighted by molar-refractivity contribution is 5.35. The number of hydrogen-bond acceptors (Lipinski definition) is 7. The van der Waals surface area contributed by atoms with Crippen molar-refractivity contribution in [1.82, 2.24) is 15.0 Å². The van der Waals surface area contributed by atoms with Crippen molar-refractivity contribution in [3.8, 4) is 6.01 Å². The molecule has 7 heteroatoms. The first-order chi connectivity index (χ1) is 9.22. The monoisotopic (exact) mass is 267 g/mol. The molecule has 19 heavy (non-hydrogen) atoms. The number of methoxy groups -OCH3 is 1. The molecule has 1 aromatic heterocycles. The van der Waals surface area contributed by atoms with Crippen LogP contribution < -0.4 is 15.4 Å². The largest absolute Gasteiger partial charge is 0.467 e. The molecule has 0 bridgehead atoms.